The van der Waals surface area contributed by atoms with E-state index >= 15 is 0 Å². The van der Waals surface area contributed by atoms with E-state index in [4.69, 9.17) is 13.6 Å². The Morgan fingerprint density at radius 3 is 2.77 bits per heavy atom. The maximum Gasteiger partial charge on any atom is 0.287 e. The lowest BCUT2D eigenvalue weighted by molar-refractivity contribution is 0.0116. The normalized spacial score (nSPS) is 17.3. The molecule has 1 atom stereocenters. The monoisotopic (exact) mass is 304 g/mol. The van der Waals surface area contributed by atoms with Crippen LogP contribution in [0.25, 0.3) is 0 Å². The SMILES string of the molecule is Cc1ccc([C@@H](CNC(=O)c2ccco2)N2CCOCC2)o1. The molecule has 1 saturated heterocycles. The van der Waals surface area contributed by atoms with Crippen molar-refractivity contribution in [1.82, 2.24) is 10.2 Å². The third kappa shape index (κ3) is 3.40. The van der Waals surface area contributed by atoms with E-state index in [1.54, 1.807) is 12.1 Å². The number of furan rings is 2. The third-order valence-electron chi connectivity index (χ3n) is 3.78. The van der Waals surface area contributed by atoms with E-state index in [-0.39, 0.29) is 11.9 Å². The summed E-state index contributed by atoms with van der Waals surface area (Å²) in [7, 11) is 0. The van der Waals surface area contributed by atoms with Crippen molar-refractivity contribution in [2.45, 2.75) is 13.0 Å². The average Bonchev–Trinajstić information content (AvgIpc) is 3.20. The van der Waals surface area contributed by atoms with Gasteiger partial charge in [0.15, 0.2) is 5.76 Å². The Hall–Kier alpha value is -2.05. The topological polar surface area (TPSA) is 67.9 Å². The van der Waals surface area contributed by atoms with Gasteiger partial charge in [0.2, 0.25) is 0 Å². The second-order valence-corrected chi connectivity index (χ2v) is 5.30. The molecule has 0 aliphatic carbocycles. The largest absolute Gasteiger partial charge is 0.465 e. The number of nitrogens with one attached hydrogen (secondary N) is 1. The molecule has 1 fully saturated rings. The molecule has 0 radical (unpaired) electrons. The quantitative estimate of drug-likeness (QED) is 0.915. The van der Waals surface area contributed by atoms with Gasteiger partial charge in [-0.2, -0.15) is 0 Å². The predicted octanol–water partition coefficient (Wildman–Crippen LogP) is 1.98. The fourth-order valence-electron chi connectivity index (χ4n) is 2.62. The van der Waals surface area contributed by atoms with Gasteiger partial charge in [0.25, 0.3) is 5.91 Å². The minimum atomic E-state index is -0.216. The van der Waals surface area contributed by atoms with Gasteiger partial charge in [0.05, 0.1) is 25.5 Å². The molecule has 0 saturated carbocycles. The first-order valence-corrected chi connectivity index (χ1v) is 7.44. The first-order valence-electron chi connectivity index (χ1n) is 7.44. The number of rotatable bonds is 5. The Kier molecular flexibility index (Phi) is 4.60. The summed E-state index contributed by atoms with van der Waals surface area (Å²) in [6.07, 6.45) is 1.49. The summed E-state index contributed by atoms with van der Waals surface area (Å²) in [5.74, 6) is 1.83. The van der Waals surface area contributed by atoms with E-state index in [1.807, 2.05) is 19.1 Å². The van der Waals surface area contributed by atoms with Crippen LogP contribution in [-0.4, -0.2) is 43.7 Å². The lowest BCUT2D eigenvalue weighted by Crippen LogP contribution is -2.43. The number of hydrogen-bond donors (Lipinski definition) is 1. The fraction of sp³-hybridized carbons (Fsp3) is 0.438. The number of carbonyl (C=O) groups excluding carboxylic acids is 1. The number of aryl methyl sites for hydroxylation is 1. The van der Waals surface area contributed by atoms with Crippen LogP contribution in [0, 0.1) is 6.92 Å². The van der Waals surface area contributed by atoms with Crippen molar-refractivity contribution in [2.75, 3.05) is 32.8 Å². The van der Waals surface area contributed by atoms with Crippen LogP contribution in [0.2, 0.25) is 0 Å². The summed E-state index contributed by atoms with van der Waals surface area (Å²) in [4.78, 5) is 14.3. The molecular formula is C16H20N2O4. The number of nitrogens with zero attached hydrogens (tertiary/aromatic N) is 1. The highest BCUT2D eigenvalue weighted by Gasteiger charge is 2.26. The van der Waals surface area contributed by atoms with Gasteiger partial charge < -0.3 is 18.9 Å². The Labute approximate surface area is 129 Å². The van der Waals surface area contributed by atoms with E-state index in [2.05, 4.69) is 10.2 Å². The number of ether oxygens (including phenoxy) is 1. The van der Waals surface area contributed by atoms with Gasteiger partial charge in [0.1, 0.15) is 11.5 Å². The zero-order valence-electron chi connectivity index (χ0n) is 12.6. The molecule has 1 aliphatic heterocycles. The minimum Gasteiger partial charge on any atom is -0.465 e. The van der Waals surface area contributed by atoms with Crippen molar-refractivity contribution in [3.05, 3.63) is 47.8 Å². The average molecular weight is 304 g/mol. The van der Waals surface area contributed by atoms with Crippen molar-refractivity contribution in [2.24, 2.45) is 0 Å². The lowest BCUT2D eigenvalue weighted by atomic mass is 10.1. The molecule has 1 amide bonds. The number of amides is 1. The van der Waals surface area contributed by atoms with E-state index in [0.29, 0.717) is 25.5 Å². The molecule has 0 aromatic carbocycles. The fourth-order valence-corrected chi connectivity index (χ4v) is 2.62. The van der Waals surface area contributed by atoms with Gasteiger partial charge in [-0.15, -0.1) is 0 Å². The number of carbonyl (C=O) groups is 1. The zero-order chi connectivity index (χ0) is 15.4. The van der Waals surface area contributed by atoms with E-state index in [1.165, 1.54) is 6.26 Å². The summed E-state index contributed by atoms with van der Waals surface area (Å²) in [5.41, 5.74) is 0. The van der Waals surface area contributed by atoms with Gasteiger partial charge in [0, 0.05) is 19.6 Å². The molecule has 6 nitrogen and oxygen atoms in total. The highest BCUT2D eigenvalue weighted by Crippen LogP contribution is 2.23. The molecule has 6 heteroatoms. The smallest absolute Gasteiger partial charge is 0.287 e. The lowest BCUT2D eigenvalue weighted by Gasteiger charge is -2.33. The second kappa shape index (κ2) is 6.81. The summed E-state index contributed by atoms with van der Waals surface area (Å²) in [6.45, 7) is 5.42. The van der Waals surface area contributed by atoms with Crippen LogP contribution in [0.4, 0.5) is 0 Å². The van der Waals surface area contributed by atoms with Gasteiger partial charge >= 0.3 is 0 Å². The van der Waals surface area contributed by atoms with Crippen LogP contribution >= 0.6 is 0 Å². The first-order chi connectivity index (χ1) is 10.7. The third-order valence-corrected chi connectivity index (χ3v) is 3.78. The second-order valence-electron chi connectivity index (χ2n) is 5.30. The van der Waals surface area contributed by atoms with Crippen LogP contribution in [0.1, 0.15) is 28.1 Å². The Morgan fingerprint density at radius 2 is 2.14 bits per heavy atom. The summed E-state index contributed by atoms with van der Waals surface area (Å²) >= 11 is 0. The molecule has 0 spiro atoms. The van der Waals surface area contributed by atoms with E-state index < -0.39 is 0 Å². The Balaban J connectivity index is 1.69. The van der Waals surface area contributed by atoms with Crippen molar-refractivity contribution in [3.63, 3.8) is 0 Å². The number of hydrogen-bond acceptors (Lipinski definition) is 5. The summed E-state index contributed by atoms with van der Waals surface area (Å²) in [6, 6.07) is 7.25. The molecule has 2 aromatic rings. The summed E-state index contributed by atoms with van der Waals surface area (Å²) < 4.78 is 16.3. The van der Waals surface area contributed by atoms with Crippen LogP contribution in [0.3, 0.4) is 0 Å². The molecular weight excluding hydrogens is 284 g/mol. The van der Waals surface area contributed by atoms with Gasteiger partial charge in [-0.05, 0) is 31.2 Å². The maximum atomic E-state index is 12.1. The van der Waals surface area contributed by atoms with Crippen molar-refractivity contribution in [1.29, 1.82) is 0 Å². The highest BCUT2D eigenvalue weighted by atomic mass is 16.5. The first kappa shape index (κ1) is 14.9. The molecule has 2 aromatic heterocycles. The van der Waals surface area contributed by atoms with Crippen molar-refractivity contribution in [3.8, 4) is 0 Å². The number of morpholine rings is 1. The molecule has 118 valence electrons. The zero-order valence-corrected chi connectivity index (χ0v) is 12.6. The van der Waals surface area contributed by atoms with Crippen LogP contribution in [-0.2, 0) is 4.74 Å². The van der Waals surface area contributed by atoms with Crippen LogP contribution in [0.15, 0.2) is 39.4 Å². The Bertz CT molecular complexity index is 599. The summed E-state index contributed by atoms with van der Waals surface area (Å²) in [5, 5.41) is 2.92. The van der Waals surface area contributed by atoms with Crippen molar-refractivity contribution >= 4 is 5.91 Å². The maximum absolute atomic E-state index is 12.1. The van der Waals surface area contributed by atoms with Gasteiger partial charge in [-0.3, -0.25) is 9.69 Å². The molecule has 22 heavy (non-hydrogen) atoms. The molecule has 0 unspecified atom stereocenters. The Morgan fingerprint density at radius 1 is 1.32 bits per heavy atom. The molecule has 0 bridgehead atoms. The molecule has 3 rings (SSSR count). The van der Waals surface area contributed by atoms with Crippen molar-refractivity contribution < 1.29 is 18.4 Å². The van der Waals surface area contributed by atoms with Gasteiger partial charge in [-0.25, -0.2) is 0 Å². The minimum absolute atomic E-state index is 0.00323. The standard InChI is InChI=1S/C16H20N2O4/c1-12-4-5-14(22-12)13(18-6-9-20-10-7-18)11-17-16(19)15-3-2-8-21-15/h2-5,8,13H,6-7,9-11H2,1H3,(H,17,19)/t13-/m1/s1. The van der Waals surface area contributed by atoms with E-state index in [0.717, 1.165) is 24.6 Å². The van der Waals surface area contributed by atoms with Gasteiger partial charge in [-0.1, -0.05) is 0 Å². The molecule has 1 N–H and O–H groups in total. The van der Waals surface area contributed by atoms with Crippen LogP contribution < -0.4 is 5.32 Å². The molecule has 1 aliphatic rings. The highest BCUT2D eigenvalue weighted by molar-refractivity contribution is 5.91. The van der Waals surface area contributed by atoms with Crippen LogP contribution in [0.5, 0.6) is 0 Å². The van der Waals surface area contributed by atoms with E-state index in [9.17, 15) is 4.79 Å². The predicted molar refractivity (Wildman–Crippen MR) is 79.6 cm³/mol. The molecule has 3 heterocycles.